The van der Waals surface area contributed by atoms with Gasteiger partial charge in [-0.2, -0.15) is 0 Å². The lowest BCUT2D eigenvalue weighted by Gasteiger charge is -2.28. The predicted octanol–water partition coefficient (Wildman–Crippen LogP) is 3.57. The molecule has 118 valence electrons. The third kappa shape index (κ3) is 3.54. The van der Waals surface area contributed by atoms with Gasteiger partial charge in [-0.1, -0.05) is 29.3 Å². The van der Waals surface area contributed by atoms with Crippen LogP contribution in [-0.2, 0) is 9.53 Å². The Bertz CT molecular complexity index is 656. The second-order valence-electron chi connectivity index (χ2n) is 5.20. The van der Waals surface area contributed by atoms with Crippen molar-refractivity contribution in [3.05, 3.63) is 45.1 Å². The van der Waals surface area contributed by atoms with Crippen LogP contribution in [0.1, 0.15) is 32.4 Å². The number of urea groups is 1. The molecule has 22 heavy (non-hydrogen) atoms. The van der Waals surface area contributed by atoms with Crippen molar-refractivity contribution in [2.24, 2.45) is 0 Å². The first-order chi connectivity index (χ1) is 10.3. The van der Waals surface area contributed by atoms with Crippen LogP contribution in [0, 0.1) is 0 Å². The van der Waals surface area contributed by atoms with Gasteiger partial charge in [0.05, 0.1) is 27.8 Å². The number of esters is 1. The zero-order chi connectivity index (χ0) is 16.4. The Labute approximate surface area is 138 Å². The van der Waals surface area contributed by atoms with E-state index in [1.807, 2.05) is 0 Å². The molecule has 2 rings (SSSR count). The van der Waals surface area contributed by atoms with Crippen LogP contribution >= 0.6 is 23.2 Å². The summed E-state index contributed by atoms with van der Waals surface area (Å²) in [5, 5.41) is 6.03. The number of ether oxygens (including phenoxy) is 1. The van der Waals surface area contributed by atoms with Crippen molar-refractivity contribution in [2.45, 2.75) is 32.9 Å². The lowest BCUT2D eigenvalue weighted by Crippen LogP contribution is -2.45. The second kappa shape index (κ2) is 6.58. The Morgan fingerprint density at radius 2 is 1.95 bits per heavy atom. The highest BCUT2D eigenvalue weighted by Gasteiger charge is 2.32. The fraction of sp³-hybridized carbons (Fsp3) is 0.333. The lowest BCUT2D eigenvalue weighted by molar-refractivity contribution is -0.143. The van der Waals surface area contributed by atoms with Crippen molar-refractivity contribution in [3.8, 4) is 0 Å². The van der Waals surface area contributed by atoms with Crippen LogP contribution in [-0.4, -0.2) is 18.1 Å². The number of rotatable bonds is 3. The highest BCUT2D eigenvalue weighted by atomic mass is 35.5. The van der Waals surface area contributed by atoms with E-state index >= 15 is 0 Å². The Morgan fingerprint density at radius 1 is 1.27 bits per heavy atom. The minimum Gasteiger partial charge on any atom is -0.459 e. The van der Waals surface area contributed by atoms with E-state index in [-0.39, 0.29) is 6.10 Å². The molecule has 7 heteroatoms. The quantitative estimate of drug-likeness (QED) is 0.825. The number of hydrogen-bond donors (Lipinski definition) is 2. The number of halogens is 2. The number of carbonyl (C=O) groups is 2. The standard InChI is InChI=1S/C15H16Cl2N2O3/c1-7(2)22-14(20)12-8(3)18-15(21)19-13(12)9-4-5-10(16)11(17)6-9/h4-7,13H,1-3H3,(H2,18,19,21)/t13-/m1/s1. The van der Waals surface area contributed by atoms with Gasteiger partial charge >= 0.3 is 12.0 Å². The van der Waals surface area contributed by atoms with E-state index < -0.39 is 18.0 Å². The van der Waals surface area contributed by atoms with Gasteiger partial charge in [-0.3, -0.25) is 0 Å². The summed E-state index contributed by atoms with van der Waals surface area (Å²) in [5.41, 5.74) is 1.44. The van der Waals surface area contributed by atoms with Crippen molar-refractivity contribution in [3.63, 3.8) is 0 Å². The highest BCUT2D eigenvalue weighted by Crippen LogP contribution is 2.31. The molecule has 0 saturated heterocycles. The van der Waals surface area contributed by atoms with Crippen LogP contribution in [0.2, 0.25) is 10.0 Å². The smallest absolute Gasteiger partial charge is 0.338 e. The SMILES string of the molecule is CC1=C(C(=O)OC(C)C)[C@@H](c2ccc(Cl)c(Cl)c2)NC(=O)N1. The van der Waals surface area contributed by atoms with Crippen LogP contribution in [0.15, 0.2) is 29.5 Å². The maximum absolute atomic E-state index is 12.3. The fourth-order valence-electron chi connectivity index (χ4n) is 2.18. The molecule has 1 aliphatic rings. The molecule has 0 unspecified atom stereocenters. The van der Waals surface area contributed by atoms with Crippen molar-refractivity contribution in [1.82, 2.24) is 10.6 Å². The average Bonchev–Trinajstić information content (AvgIpc) is 2.39. The Balaban J connectivity index is 2.45. The van der Waals surface area contributed by atoms with Crippen LogP contribution < -0.4 is 10.6 Å². The molecule has 2 amide bonds. The molecule has 0 radical (unpaired) electrons. The van der Waals surface area contributed by atoms with Crippen LogP contribution in [0.3, 0.4) is 0 Å². The van der Waals surface area contributed by atoms with Crippen LogP contribution in [0.25, 0.3) is 0 Å². The summed E-state index contributed by atoms with van der Waals surface area (Å²) in [6.07, 6.45) is -0.264. The fourth-order valence-corrected chi connectivity index (χ4v) is 2.49. The maximum atomic E-state index is 12.3. The largest absolute Gasteiger partial charge is 0.459 e. The van der Waals surface area contributed by atoms with E-state index in [2.05, 4.69) is 10.6 Å². The van der Waals surface area contributed by atoms with Gasteiger partial charge in [0.25, 0.3) is 0 Å². The van der Waals surface area contributed by atoms with E-state index in [0.717, 1.165) is 0 Å². The first-order valence-electron chi connectivity index (χ1n) is 6.73. The molecular weight excluding hydrogens is 327 g/mol. The molecule has 0 fully saturated rings. The van der Waals surface area contributed by atoms with Crippen molar-refractivity contribution < 1.29 is 14.3 Å². The summed E-state index contributed by atoms with van der Waals surface area (Å²) in [5.74, 6) is -0.490. The third-order valence-corrected chi connectivity index (χ3v) is 3.85. The molecule has 0 spiro atoms. The highest BCUT2D eigenvalue weighted by molar-refractivity contribution is 6.42. The van der Waals surface area contributed by atoms with E-state index in [1.54, 1.807) is 39.0 Å². The van der Waals surface area contributed by atoms with Crippen LogP contribution in [0.4, 0.5) is 4.79 Å². The van der Waals surface area contributed by atoms with E-state index in [9.17, 15) is 9.59 Å². The van der Waals surface area contributed by atoms with Gasteiger partial charge in [-0.15, -0.1) is 0 Å². The molecule has 0 aliphatic carbocycles. The Hall–Kier alpha value is -1.72. The number of nitrogens with one attached hydrogen (secondary N) is 2. The van der Waals surface area contributed by atoms with Gasteiger partial charge in [-0.25, -0.2) is 9.59 Å². The molecule has 1 atom stereocenters. The topological polar surface area (TPSA) is 67.4 Å². The number of allylic oxidation sites excluding steroid dienone is 1. The zero-order valence-corrected chi connectivity index (χ0v) is 13.9. The summed E-state index contributed by atoms with van der Waals surface area (Å²) < 4.78 is 5.25. The average molecular weight is 343 g/mol. The molecule has 1 heterocycles. The number of carbonyl (C=O) groups excluding carboxylic acids is 2. The summed E-state index contributed by atoms with van der Waals surface area (Å²) >= 11 is 11.9. The zero-order valence-electron chi connectivity index (χ0n) is 12.4. The van der Waals surface area contributed by atoms with Gasteiger partial charge in [0, 0.05) is 5.70 Å². The van der Waals surface area contributed by atoms with E-state index in [4.69, 9.17) is 27.9 Å². The summed E-state index contributed by atoms with van der Waals surface area (Å²) in [4.78, 5) is 24.1. The molecule has 1 aromatic rings. The normalized spacial score (nSPS) is 18.1. The van der Waals surface area contributed by atoms with Gasteiger partial charge < -0.3 is 15.4 Å². The molecular formula is C15H16Cl2N2O3. The second-order valence-corrected chi connectivity index (χ2v) is 6.01. The van der Waals surface area contributed by atoms with Crippen molar-refractivity contribution in [1.29, 1.82) is 0 Å². The predicted molar refractivity (Wildman–Crippen MR) is 84.8 cm³/mol. The van der Waals surface area contributed by atoms with Gasteiger partial charge in [0.2, 0.25) is 0 Å². The summed E-state index contributed by atoms with van der Waals surface area (Å²) in [7, 11) is 0. The number of amides is 2. The molecule has 1 aromatic carbocycles. The Kier molecular flexibility index (Phi) is 4.98. The van der Waals surface area contributed by atoms with Gasteiger partial charge in [0.15, 0.2) is 0 Å². The lowest BCUT2D eigenvalue weighted by atomic mass is 9.95. The first kappa shape index (κ1) is 16.6. The van der Waals surface area contributed by atoms with Crippen molar-refractivity contribution >= 4 is 35.2 Å². The summed E-state index contributed by atoms with van der Waals surface area (Å²) in [6.45, 7) is 5.17. The molecule has 5 nitrogen and oxygen atoms in total. The molecule has 2 N–H and O–H groups in total. The first-order valence-corrected chi connectivity index (χ1v) is 7.49. The summed E-state index contributed by atoms with van der Waals surface area (Å²) in [6, 6.07) is 3.91. The Morgan fingerprint density at radius 3 is 2.55 bits per heavy atom. The van der Waals surface area contributed by atoms with E-state index in [1.165, 1.54) is 0 Å². The van der Waals surface area contributed by atoms with E-state index in [0.29, 0.717) is 26.9 Å². The molecule has 1 aliphatic heterocycles. The minimum atomic E-state index is -0.644. The number of hydrogen-bond acceptors (Lipinski definition) is 3. The maximum Gasteiger partial charge on any atom is 0.338 e. The molecule has 0 aromatic heterocycles. The third-order valence-electron chi connectivity index (χ3n) is 3.11. The van der Waals surface area contributed by atoms with Crippen LogP contribution in [0.5, 0.6) is 0 Å². The van der Waals surface area contributed by atoms with Gasteiger partial charge in [-0.05, 0) is 38.5 Å². The van der Waals surface area contributed by atoms with Crippen molar-refractivity contribution in [2.75, 3.05) is 0 Å². The minimum absolute atomic E-state index is 0.264. The molecule has 0 bridgehead atoms. The monoisotopic (exact) mass is 342 g/mol. The molecule has 0 saturated carbocycles. The number of benzene rings is 1. The van der Waals surface area contributed by atoms with Gasteiger partial charge in [0.1, 0.15) is 0 Å².